The van der Waals surface area contributed by atoms with Gasteiger partial charge in [0, 0.05) is 6.07 Å². The molecular weight excluding hydrogens is 330 g/mol. The highest BCUT2D eigenvalue weighted by Crippen LogP contribution is 2.20. The monoisotopic (exact) mass is 351 g/mol. The summed E-state index contributed by atoms with van der Waals surface area (Å²) in [5.74, 6) is 0.243. The quantitative estimate of drug-likeness (QED) is 0.766. The van der Waals surface area contributed by atoms with Gasteiger partial charge in [-0.2, -0.15) is 5.10 Å². The lowest BCUT2D eigenvalue weighted by atomic mass is 10.0. The second kappa shape index (κ2) is 7.00. The molecule has 1 amide bonds. The van der Waals surface area contributed by atoms with E-state index in [-0.39, 0.29) is 17.5 Å². The van der Waals surface area contributed by atoms with Crippen LogP contribution in [0.5, 0.6) is 0 Å². The predicted octanol–water partition coefficient (Wildman–Crippen LogP) is 3.12. The summed E-state index contributed by atoms with van der Waals surface area (Å²) in [7, 11) is 0. The van der Waals surface area contributed by atoms with Gasteiger partial charge >= 0.3 is 0 Å². The van der Waals surface area contributed by atoms with Crippen molar-refractivity contribution in [2.75, 3.05) is 0 Å². The maximum absolute atomic E-state index is 12.9. The first-order valence-electron chi connectivity index (χ1n) is 8.40. The molecule has 0 spiro atoms. The molecule has 0 bridgehead atoms. The van der Waals surface area contributed by atoms with Crippen molar-refractivity contribution in [3.63, 3.8) is 0 Å². The van der Waals surface area contributed by atoms with E-state index < -0.39 is 5.54 Å². The lowest BCUT2D eigenvalue weighted by molar-refractivity contribution is -0.129. The number of furan rings is 1. The Bertz CT molecular complexity index is 944. The number of nitrogens with zero attached hydrogens (tertiary/aromatic N) is 2. The number of benzene rings is 1. The van der Waals surface area contributed by atoms with Gasteiger partial charge in [-0.05, 0) is 44.5 Å². The van der Waals surface area contributed by atoms with E-state index in [1.54, 1.807) is 32.0 Å². The number of carbonyl (C=O) groups is 1. The fourth-order valence-electron chi connectivity index (χ4n) is 2.66. The summed E-state index contributed by atoms with van der Waals surface area (Å²) in [4.78, 5) is 25.2. The third-order valence-corrected chi connectivity index (χ3v) is 4.31. The van der Waals surface area contributed by atoms with Crippen molar-refractivity contribution < 1.29 is 9.21 Å². The molecule has 1 unspecified atom stereocenters. The van der Waals surface area contributed by atoms with E-state index in [2.05, 4.69) is 10.4 Å². The number of amides is 1. The fraction of sp³-hybridized carbons (Fsp3) is 0.250. The first kappa shape index (κ1) is 17.7. The molecule has 0 aliphatic rings. The van der Waals surface area contributed by atoms with Gasteiger partial charge in [0.05, 0.1) is 12.3 Å². The van der Waals surface area contributed by atoms with E-state index in [0.29, 0.717) is 11.5 Å². The Balaban J connectivity index is 1.88. The van der Waals surface area contributed by atoms with Crippen LogP contribution in [-0.2, 0) is 10.3 Å². The van der Waals surface area contributed by atoms with E-state index in [9.17, 15) is 9.59 Å². The van der Waals surface area contributed by atoms with Gasteiger partial charge in [-0.3, -0.25) is 9.59 Å². The van der Waals surface area contributed by atoms with Crippen molar-refractivity contribution in [3.05, 3.63) is 76.8 Å². The minimum atomic E-state index is -1.16. The summed E-state index contributed by atoms with van der Waals surface area (Å²) in [6.45, 7) is 5.24. The highest BCUT2D eigenvalue weighted by atomic mass is 16.3. The minimum Gasteiger partial charge on any atom is -0.463 e. The van der Waals surface area contributed by atoms with Crippen molar-refractivity contribution in [2.45, 2.75) is 32.4 Å². The van der Waals surface area contributed by atoms with Crippen LogP contribution in [0.3, 0.4) is 0 Å². The molecule has 2 heterocycles. The lowest BCUT2D eigenvalue weighted by Crippen LogP contribution is -2.50. The van der Waals surface area contributed by atoms with Crippen molar-refractivity contribution in [1.29, 1.82) is 0 Å². The molecule has 6 nitrogen and oxygen atoms in total. The minimum absolute atomic E-state index is 0.188. The van der Waals surface area contributed by atoms with E-state index in [1.165, 1.54) is 17.0 Å². The van der Waals surface area contributed by atoms with Gasteiger partial charge in [-0.25, -0.2) is 4.68 Å². The van der Waals surface area contributed by atoms with Crippen molar-refractivity contribution in [3.8, 4) is 11.5 Å². The molecule has 3 aromatic rings. The Kier molecular flexibility index (Phi) is 4.75. The van der Waals surface area contributed by atoms with Crippen molar-refractivity contribution in [2.24, 2.45) is 0 Å². The highest BCUT2D eigenvalue weighted by molar-refractivity contribution is 5.83. The van der Waals surface area contributed by atoms with Crippen molar-refractivity contribution in [1.82, 2.24) is 15.1 Å². The average Bonchev–Trinajstić information content (AvgIpc) is 3.17. The topological polar surface area (TPSA) is 77.1 Å². The second-order valence-electron chi connectivity index (χ2n) is 6.61. The summed E-state index contributed by atoms with van der Waals surface area (Å²) < 4.78 is 6.52. The maximum Gasteiger partial charge on any atom is 0.267 e. The molecule has 0 aliphatic heterocycles. The molecule has 0 aliphatic carbocycles. The van der Waals surface area contributed by atoms with Crippen molar-refractivity contribution >= 4 is 5.91 Å². The maximum atomic E-state index is 12.9. The molecule has 1 N–H and O–H groups in total. The molecule has 26 heavy (non-hydrogen) atoms. The smallest absolute Gasteiger partial charge is 0.267 e. The standard InChI is InChI=1S/C20H21N3O3/c1-14(15-8-5-4-6-9-15)21-19(25)20(2,3)23-18(24)12-11-16(22-23)17-10-7-13-26-17/h4-14H,1-3H3,(H,21,25). The van der Waals surface area contributed by atoms with Gasteiger partial charge in [-0.15, -0.1) is 0 Å². The Hall–Kier alpha value is -3.15. The summed E-state index contributed by atoms with van der Waals surface area (Å²) in [6, 6.07) is 15.9. The first-order chi connectivity index (χ1) is 12.4. The van der Waals surface area contributed by atoms with E-state index in [1.807, 2.05) is 37.3 Å². The van der Waals surface area contributed by atoms with Gasteiger partial charge in [0.2, 0.25) is 5.91 Å². The van der Waals surface area contributed by atoms with Gasteiger partial charge in [0.1, 0.15) is 11.2 Å². The summed E-state index contributed by atoms with van der Waals surface area (Å²) >= 11 is 0. The second-order valence-corrected chi connectivity index (χ2v) is 6.61. The molecule has 3 rings (SSSR count). The van der Waals surface area contributed by atoms with E-state index in [4.69, 9.17) is 4.42 Å². The lowest BCUT2D eigenvalue weighted by Gasteiger charge is -2.27. The van der Waals surface area contributed by atoms with Crippen LogP contribution in [0.2, 0.25) is 0 Å². The van der Waals surface area contributed by atoms with Crippen LogP contribution in [0, 0.1) is 0 Å². The molecule has 0 fully saturated rings. The Morgan fingerprint density at radius 3 is 2.50 bits per heavy atom. The number of hydrogen-bond acceptors (Lipinski definition) is 4. The Morgan fingerprint density at radius 1 is 1.12 bits per heavy atom. The van der Waals surface area contributed by atoms with Crippen LogP contribution in [0.15, 0.2) is 70.1 Å². The first-order valence-corrected chi connectivity index (χ1v) is 8.40. The van der Waals surface area contributed by atoms with Crippen LogP contribution in [-0.4, -0.2) is 15.7 Å². The summed E-state index contributed by atoms with van der Waals surface area (Å²) in [5, 5.41) is 7.29. The zero-order valence-electron chi connectivity index (χ0n) is 15.0. The number of carbonyl (C=O) groups excluding carboxylic acids is 1. The number of hydrogen-bond donors (Lipinski definition) is 1. The third-order valence-electron chi connectivity index (χ3n) is 4.31. The molecule has 6 heteroatoms. The molecule has 0 saturated heterocycles. The Labute approximate surface area is 151 Å². The summed E-state index contributed by atoms with van der Waals surface area (Å²) in [5.41, 5.74) is -0.0383. The largest absolute Gasteiger partial charge is 0.463 e. The molecule has 134 valence electrons. The molecule has 1 aromatic carbocycles. The molecule has 1 atom stereocenters. The predicted molar refractivity (Wildman–Crippen MR) is 98.5 cm³/mol. The fourth-order valence-corrected chi connectivity index (χ4v) is 2.66. The van der Waals surface area contributed by atoms with Crippen LogP contribution in [0.1, 0.15) is 32.4 Å². The SMILES string of the molecule is CC(NC(=O)C(C)(C)n1nc(-c2ccco2)ccc1=O)c1ccccc1. The third kappa shape index (κ3) is 3.44. The van der Waals surface area contributed by atoms with Crippen LogP contribution in [0.25, 0.3) is 11.5 Å². The number of nitrogens with one attached hydrogen (secondary N) is 1. The normalized spacial score (nSPS) is 12.6. The average molecular weight is 351 g/mol. The zero-order chi connectivity index (χ0) is 18.7. The van der Waals surface area contributed by atoms with Crippen LogP contribution < -0.4 is 10.9 Å². The molecule has 0 radical (unpaired) electrons. The summed E-state index contributed by atoms with van der Waals surface area (Å²) in [6.07, 6.45) is 1.53. The molecule has 2 aromatic heterocycles. The van der Waals surface area contributed by atoms with E-state index in [0.717, 1.165) is 5.56 Å². The van der Waals surface area contributed by atoms with Crippen LogP contribution in [0.4, 0.5) is 0 Å². The Morgan fingerprint density at radius 2 is 1.85 bits per heavy atom. The van der Waals surface area contributed by atoms with Gasteiger partial charge in [0.15, 0.2) is 5.76 Å². The van der Waals surface area contributed by atoms with Gasteiger partial charge < -0.3 is 9.73 Å². The number of aromatic nitrogens is 2. The molecular formula is C20H21N3O3. The van der Waals surface area contributed by atoms with E-state index >= 15 is 0 Å². The van der Waals surface area contributed by atoms with Gasteiger partial charge in [-0.1, -0.05) is 30.3 Å². The number of rotatable bonds is 5. The van der Waals surface area contributed by atoms with Crippen LogP contribution >= 0.6 is 0 Å². The van der Waals surface area contributed by atoms with Gasteiger partial charge in [0.25, 0.3) is 5.56 Å². The molecule has 0 saturated carbocycles. The highest BCUT2D eigenvalue weighted by Gasteiger charge is 2.33. The zero-order valence-corrected chi connectivity index (χ0v) is 15.0.